The Morgan fingerprint density at radius 1 is 1.53 bits per heavy atom. The highest BCUT2D eigenvalue weighted by molar-refractivity contribution is 7.10. The van der Waals surface area contributed by atoms with Crippen molar-refractivity contribution in [2.45, 2.75) is 31.4 Å². The molecule has 0 radical (unpaired) electrons. The maximum atomic E-state index is 12.1. The van der Waals surface area contributed by atoms with Crippen molar-refractivity contribution in [3.8, 4) is 0 Å². The number of thiophene rings is 1. The molecule has 0 saturated carbocycles. The highest BCUT2D eigenvalue weighted by atomic mass is 35.5. The van der Waals surface area contributed by atoms with E-state index in [-0.39, 0.29) is 30.5 Å². The molecule has 106 valence electrons. The van der Waals surface area contributed by atoms with Crippen molar-refractivity contribution in [1.29, 1.82) is 0 Å². The van der Waals surface area contributed by atoms with E-state index in [0.717, 1.165) is 25.8 Å². The van der Waals surface area contributed by atoms with Gasteiger partial charge in [0.05, 0.1) is 12.6 Å². The van der Waals surface area contributed by atoms with Gasteiger partial charge in [0.25, 0.3) is 5.91 Å². The summed E-state index contributed by atoms with van der Waals surface area (Å²) >= 11 is 1.80. The van der Waals surface area contributed by atoms with E-state index in [1.807, 2.05) is 0 Å². The van der Waals surface area contributed by atoms with Gasteiger partial charge in [0.15, 0.2) is 0 Å². The van der Waals surface area contributed by atoms with Crippen LogP contribution < -0.4 is 10.6 Å². The number of amides is 1. The summed E-state index contributed by atoms with van der Waals surface area (Å²) in [6.45, 7) is 2.07. The number of fused-ring (bicyclic) bond motifs is 1. The van der Waals surface area contributed by atoms with Gasteiger partial charge in [-0.05, 0) is 36.3 Å². The van der Waals surface area contributed by atoms with Gasteiger partial charge >= 0.3 is 0 Å². The van der Waals surface area contributed by atoms with Gasteiger partial charge in [-0.25, -0.2) is 0 Å². The van der Waals surface area contributed by atoms with Crippen LogP contribution in [-0.4, -0.2) is 31.7 Å². The summed E-state index contributed by atoms with van der Waals surface area (Å²) < 4.78 is 5.48. The van der Waals surface area contributed by atoms with Crippen molar-refractivity contribution in [3.05, 3.63) is 21.9 Å². The van der Waals surface area contributed by atoms with E-state index in [4.69, 9.17) is 4.74 Å². The monoisotopic (exact) mass is 302 g/mol. The van der Waals surface area contributed by atoms with Gasteiger partial charge in [-0.15, -0.1) is 23.7 Å². The predicted molar refractivity (Wildman–Crippen MR) is 78.0 cm³/mol. The fourth-order valence-electron chi connectivity index (χ4n) is 2.63. The number of halogens is 1. The van der Waals surface area contributed by atoms with Gasteiger partial charge in [0.1, 0.15) is 6.10 Å². The van der Waals surface area contributed by atoms with E-state index in [0.29, 0.717) is 13.2 Å². The number of hydrogen-bond acceptors (Lipinski definition) is 4. The first-order valence-corrected chi connectivity index (χ1v) is 7.41. The van der Waals surface area contributed by atoms with Gasteiger partial charge in [-0.2, -0.15) is 0 Å². The average Bonchev–Trinajstić information content (AvgIpc) is 2.89. The molecule has 1 aromatic heterocycles. The Hall–Kier alpha value is -0.620. The van der Waals surface area contributed by atoms with Crippen LogP contribution >= 0.6 is 23.7 Å². The minimum absolute atomic E-state index is 0. The molecule has 0 bridgehead atoms. The van der Waals surface area contributed by atoms with Gasteiger partial charge in [0.2, 0.25) is 0 Å². The number of nitrogens with one attached hydrogen (secondary N) is 2. The van der Waals surface area contributed by atoms with Crippen LogP contribution in [0.3, 0.4) is 0 Å². The number of morpholine rings is 1. The summed E-state index contributed by atoms with van der Waals surface area (Å²) in [6.07, 6.45) is 3.02. The Bertz CT molecular complexity index is 432. The normalized spacial score (nSPS) is 26.1. The first kappa shape index (κ1) is 14.8. The fraction of sp³-hybridized carbons (Fsp3) is 0.615. The highest BCUT2D eigenvalue weighted by Crippen LogP contribution is 2.33. The molecular formula is C13H19ClN2O2S. The minimum atomic E-state index is -0.331. The van der Waals surface area contributed by atoms with Crippen molar-refractivity contribution in [2.24, 2.45) is 0 Å². The van der Waals surface area contributed by atoms with Crippen LogP contribution in [0.1, 0.15) is 29.3 Å². The van der Waals surface area contributed by atoms with Crippen LogP contribution in [0.25, 0.3) is 0 Å². The number of aryl methyl sites for hydroxylation is 1. The minimum Gasteiger partial charge on any atom is -0.366 e. The smallest absolute Gasteiger partial charge is 0.250 e. The molecule has 2 heterocycles. The standard InChI is InChI=1S/C13H18N2O2S.ClH/c16-13(11-8-14-5-6-17-11)15-10-2-1-3-12-9(10)4-7-18-12;/h4,7,10-11,14H,1-3,5-6,8H2,(H,15,16);1H. The lowest BCUT2D eigenvalue weighted by Crippen LogP contribution is -2.48. The van der Waals surface area contributed by atoms with Crippen LogP contribution in [0.4, 0.5) is 0 Å². The summed E-state index contributed by atoms with van der Waals surface area (Å²) in [6, 6.07) is 2.32. The molecule has 1 aliphatic carbocycles. The average molecular weight is 303 g/mol. The third-order valence-corrected chi connectivity index (χ3v) is 4.58. The molecule has 3 rings (SSSR count). The van der Waals surface area contributed by atoms with E-state index in [1.165, 1.54) is 10.4 Å². The predicted octanol–water partition coefficient (Wildman–Crippen LogP) is 1.65. The third-order valence-electron chi connectivity index (χ3n) is 3.59. The van der Waals surface area contributed by atoms with Crippen molar-refractivity contribution >= 4 is 29.7 Å². The zero-order chi connectivity index (χ0) is 12.4. The zero-order valence-electron chi connectivity index (χ0n) is 10.7. The third kappa shape index (κ3) is 3.28. The van der Waals surface area contributed by atoms with Crippen molar-refractivity contribution in [1.82, 2.24) is 10.6 Å². The Kier molecular flexibility index (Phi) is 5.21. The topological polar surface area (TPSA) is 50.4 Å². The van der Waals surface area contributed by atoms with Gasteiger partial charge in [-0.3, -0.25) is 4.79 Å². The molecule has 19 heavy (non-hydrogen) atoms. The lowest BCUT2D eigenvalue weighted by atomic mass is 9.94. The van der Waals surface area contributed by atoms with Crippen molar-refractivity contribution in [3.63, 3.8) is 0 Å². The van der Waals surface area contributed by atoms with Crippen LogP contribution in [0.2, 0.25) is 0 Å². The summed E-state index contributed by atoms with van der Waals surface area (Å²) in [5.41, 5.74) is 1.31. The zero-order valence-corrected chi connectivity index (χ0v) is 12.3. The molecule has 1 amide bonds. The molecule has 0 aromatic carbocycles. The van der Waals surface area contributed by atoms with E-state index < -0.39 is 0 Å². The maximum Gasteiger partial charge on any atom is 0.250 e. The second kappa shape index (κ2) is 6.70. The Labute approximate surface area is 123 Å². The molecule has 2 N–H and O–H groups in total. The molecule has 6 heteroatoms. The fourth-order valence-corrected chi connectivity index (χ4v) is 3.62. The largest absolute Gasteiger partial charge is 0.366 e. The van der Waals surface area contributed by atoms with Crippen LogP contribution in [0.15, 0.2) is 11.4 Å². The molecular weight excluding hydrogens is 284 g/mol. The number of carbonyl (C=O) groups is 1. The molecule has 2 aliphatic rings. The summed E-state index contributed by atoms with van der Waals surface area (Å²) in [5, 5.41) is 8.44. The van der Waals surface area contributed by atoms with Gasteiger partial charge in [0, 0.05) is 18.0 Å². The van der Waals surface area contributed by atoms with E-state index in [1.54, 1.807) is 11.3 Å². The molecule has 1 aromatic rings. The number of carbonyl (C=O) groups excluding carboxylic acids is 1. The van der Waals surface area contributed by atoms with E-state index >= 15 is 0 Å². The van der Waals surface area contributed by atoms with E-state index in [9.17, 15) is 4.79 Å². The van der Waals surface area contributed by atoms with Crippen LogP contribution in [0.5, 0.6) is 0 Å². The molecule has 2 atom stereocenters. The highest BCUT2D eigenvalue weighted by Gasteiger charge is 2.27. The first-order chi connectivity index (χ1) is 8.84. The van der Waals surface area contributed by atoms with Gasteiger partial charge < -0.3 is 15.4 Å². The second-order valence-corrected chi connectivity index (χ2v) is 5.82. The second-order valence-electron chi connectivity index (χ2n) is 4.82. The lowest BCUT2D eigenvalue weighted by molar-refractivity contribution is -0.135. The molecule has 1 fully saturated rings. The molecule has 1 saturated heterocycles. The summed E-state index contributed by atoms with van der Waals surface area (Å²) in [5.74, 6) is 0.0197. The van der Waals surface area contributed by atoms with Gasteiger partial charge in [-0.1, -0.05) is 0 Å². The molecule has 2 unspecified atom stereocenters. The van der Waals surface area contributed by atoms with E-state index in [2.05, 4.69) is 22.1 Å². The number of hydrogen-bond donors (Lipinski definition) is 2. The maximum absolute atomic E-state index is 12.1. The van der Waals surface area contributed by atoms with Crippen LogP contribution in [-0.2, 0) is 16.0 Å². The van der Waals surface area contributed by atoms with Crippen LogP contribution in [0, 0.1) is 0 Å². The Balaban J connectivity index is 0.00000133. The van der Waals surface area contributed by atoms with Crippen molar-refractivity contribution in [2.75, 3.05) is 19.7 Å². The number of ether oxygens (including phenoxy) is 1. The summed E-state index contributed by atoms with van der Waals surface area (Å²) in [4.78, 5) is 13.6. The number of rotatable bonds is 2. The Morgan fingerprint density at radius 3 is 3.21 bits per heavy atom. The lowest BCUT2D eigenvalue weighted by Gasteiger charge is -2.28. The molecule has 0 spiro atoms. The Morgan fingerprint density at radius 2 is 2.42 bits per heavy atom. The SMILES string of the molecule is Cl.O=C(NC1CCCc2sccc21)C1CNCCO1. The summed E-state index contributed by atoms with van der Waals surface area (Å²) in [7, 11) is 0. The quantitative estimate of drug-likeness (QED) is 0.873. The molecule has 1 aliphatic heterocycles. The molecule has 4 nitrogen and oxygen atoms in total. The van der Waals surface area contributed by atoms with Crippen molar-refractivity contribution < 1.29 is 9.53 Å². The first-order valence-electron chi connectivity index (χ1n) is 6.53.